The average molecular weight is 408 g/mol. The molecule has 1 atom stereocenters. The van der Waals surface area contributed by atoms with E-state index in [0.29, 0.717) is 0 Å². The van der Waals surface area contributed by atoms with Crippen LogP contribution in [0, 0.1) is 0 Å². The molecule has 0 saturated carbocycles. The van der Waals surface area contributed by atoms with Crippen molar-refractivity contribution < 1.29 is 4.79 Å². The summed E-state index contributed by atoms with van der Waals surface area (Å²) in [5, 5.41) is 7.44. The third-order valence-corrected chi connectivity index (χ3v) is 5.18. The maximum absolute atomic E-state index is 12.3. The summed E-state index contributed by atoms with van der Waals surface area (Å²) in [6.07, 6.45) is 3.94. The molecular weight excluding hydrogens is 374 g/mol. The zero-order chi connectivity index (χ0) is 20.4. The molecule has 1 aliphatic heterocycles. The Morgan fingerprint density at radius 3 is 2.71 bits per heavy atom. The van der Waals surface area contributed by atoms with Crippen molar-refractivity contribution in [1.29, 1.82) is 0 Å². The minimum atomic E-state index is 0.0460. The first-order valence-electron chi connectivity index (χ1n) is 10.2. The van der Waals surface area contributed by atoms with Gasteiger partial charge in [-0.05, 0) is 56.8 Å². The second-order valence-electron chi connectivity index (χ2n) is 7.34. The van der Waals surface area contributed by atoms with Gasteiger partial charge in [0.2, 0.25) is 5.91 Å². The van der Waals surface area contributed by atoms with Crippen molar-refractivity contribution in [3.63, 3.8) is 0 Å². The minimum Gasteiger partial charge on any atom is -0.357 e. The van der Waals surface area contributed by atoms with Gasteiger partial charge in [-0.15, -0.1) is 0 Å². The topological polar surface area (TPSA) is 60.0 Å². The molecule has 0 radical (unpaired) electrons. The van der Waals surface area contributed by atoms with Crippen LogP contribution in [0.15, 0.2) is 29.3 Å². The Morgan fingerprint density at radius 1 is 1.29 bits per heavy atom. The Hall–Kier alpha value is -1.79. The fraction of sp³-hybridized carbons (Fsp3) is 0.619. The van der Waals surface area contributed by atoms with E-state index >= 15 is 0 Å². The molecule has 1 unspecified atom stereocenters. The van der Waals surface area contributed by atoms with Crippen molar-refractivity contribution in [2.24, 2.45) is 4.99 Å². The first-order valence-corrected chi connectivity index (χ1v) is 10.6. The zero-order valence-electron chi connectivity index (χ0n) is 17.4. The van der Waals surface area contributed by atoms with Crippen molar-refractivity contribution in [2.45, 2.75) is 38.6 Å². The van der Waals surface area contributed by atoms with Gasteiger partial charge in [-0.3, -0.25) is 14.7 Å². The van der Waals surface area contributed by atoms with E-state index in [1.54, 1.807) is 4.90 Å². The minimum absolute atomic E-state index is 0.0460. The molecule has 1 saturated heterocycles. The highest BCUT2D eigenvalue weighted by atomic mass is 35.5. The quantitative estimate of drug-likeness (QED) is 0.375. The molecule has 0 aliphatic carbocycles. The zero-order valence-corrected chi connectivity index (χ0v) is 18.1. The molecule has 0 spiro atoms. The van der Waals surface area contributed by atoms with Crippen LogP contribution in [0.4, 0.5) is 0 Å². The van der Waals surface area contributed by atoms with Crippen LogP contribution in [0.5, 0.6) is 0 Å². The Labute approximate surface area is 174 Å². The molecule has 2 N–H and O–H groups in total. The van der Waals surface area contributed by atoms with E-state index in [1.165, 1.54) is 5.56 Å². The molecule has 1 aromatic rings. The molecule has 0 bridgehead atoms. The van der Waals surface area contributed by atoms with Gasteiger partial charge in [-0.25, -0.2) is 0 Å². The smallest absolute Gasteiger partial charge is 0.239 e. The second-order valence-corrected chi connectivity index (χ2v) is 7.78. The van der Waals surface area contributed by atoms with E-state index in [-0.39, 0.29) is 11.9 Å². The number of rotatable bonds is 9. The fourth-order valence-corrected chi connectivity index (χ4v) is 3.58. The number of aliphatic imine (C=N–C) groups is 1. The lowest BCUT2D eigenvalue weighted by atomic mass is 10.1. The molecule has 156 valence electrons. The molecule has 2 rings (SSSR count). The van der Waals surface area contributed by atoms with E-state index in [1.807, 2.05) is 26.2 Å². The SMILES string of the molecule is CCNC(=NCCCN1CCCC1C(=O)N(C)C)NCCc1ccc(Cl)cc1. The van der Waals surface area contributed by atoms with Crippen LogP contribution in [0.3, 0.4) is 0 Å². The number of amides is 1. The fourth-order valence-electron chi connectivity index (χ4n) is 3.45. The number of hydrogen-bond acceptors (Lipinski definition) is 3. The number of nitrogens with one attached hydrogen (secondary N) is 2. The highest BCUT2D eigenvalue weighted by molar-refractivity contribution is 6.30. The Kier molecular flexibility index (Phi) is 9.58. The molecule has 1 fully saturated rings. The van der Waals surface area contributed by atoms with Crippen molar-refractivity contribution in [2.75, 3.05) is 46.8 Å². The molecule has 6 nitrogen and oxygen atoms in total. The first kappa shape index (κ1) is 22.5. The number of likely N-dealkylation sites (tertiary alicyclic amines) is 1. The summed E-state index contributed by atoms with van der Waals surface area (Å²) in [5.74, 6) is 1.07. The van der Waals surface area contributed by atoms with Gasteiger partial charge in [-0.2, -0.15) is 0 Å². The van der Waals surface area contributed by atoms with Gasteiger partial charge in [0.1, 0.15) is 0 Å². The van der Waals surface area contributed by atoms with E-state index in [0.717, 1.165) is 69.4 Å². The number of benzene rings is 1. The third kappa shape index (κ3) is 7.32. The first-order chi connectivity index (χ1) is 13.5. The summed E-state index contributed by atoms with van der Waals surface area (Å²) in [7, 11) is 3.67. The lowest BCUT2D eigenvalue weighted by molar-refractivity contribution is -0.133. The average Bonchev–Trinajstić information content (AvgIpc) is 3.14. The van der Waals surface area contributed by atoms with Gasteiger partial charge in [0.15, 0.2) is 5.96 Å². The highest BCUT2D eigenvalue weighted by Crippen LogP contribution is 2.18. The summed E-state index contributed by atoms with van der Waals surface area (Å²) < 4.78 is 0. The van der Waals surface area contributed by atoms with Crippen LogP contribution >= 0.6 is 11.6 Å². The summed E-state index contributed by atoms with van der Waals surface area (Å²) in [5.41, 5.74) is 1.25. The Morgan fingerprint density at radius 2 is 2.04 bits per heavy atom. The molecule has 1 aromatic carbocycles. The predicted molar refractivity (Wildman–Crippen MR) is 117 cm³/mol. The molecule has 0 aromatic heterocycles. The highest BCUT2D eigenvalue weighted by Gasteiger charge is 2.30. The molecule has 1 heterocycles. The Balaban J connectivity index is 1.74. The second kappa shape index (κ2) is 11.9. The van der Waals surface area contributed by atoms with Crippen LogP contribution < -0.4 is 10.6 Å². The lowest BCUT2D eigenvalue weighted by Crippen LogP contribution is -2.43. The van der Waals surface area contributed by atoms with E-state index in [2.05, 4.69) is 39.6 Å². The normalized spacial score (nSPS) is 17.6. The van der Waals surface area contributed by atoms with E-state index in [9.17, 15) is 4.79 Å². The van der Waals surface area contributed by atoms with Crippen molar-refractivity contribution >= 4 is 23.5 Å². The van der Waals surface area contributed by atoms with Crippen molar-refractivity contribution in [3.05, 3.63) is 34.9 Å². The van der Waals surface area contributed by atoms with Crippen LogP contribution in [-0.4, -0.2) is 74.5 Å². The molecular formula is C21H34ClN5O. The number of guanidine groups is 1. The van der Waals surface area contributed by atoms with Gasteiger partial charge in [-0.1, -0.05) is 23.7 Å². The summed E-state index contributed by atoms with van der Waals surface area (Å²) in [4.78, 5) is 20.9. The van der Waals surface area contributed by atoms with Crippen LogP contribution in [-0.2, 0) is 11.2 Å². The summed E-state index contributed by atoms with van der Waals surface area (Å²) in [6, 6.07) is 7.99. The van der Waals surface area contributed by atoms with Crippen molar-refractivity contribution in [1.82, 2.24) is 20.4 Å². The van der Waals surface area contributed by atoms with Gasteiger partial charge in [0.25, 0.3) is 0 Å². The number of carbonyl (C=O) groups is 1. The maximum Gasteiger partial charge on any atom is 0.239 e. The summed E-state index contributed by atoms with van der Waals surface area (Å²) >= 11 is 5.93. The number of likely N-dealkylation sites (N-methyl/N-ethyl adjacent to an activating group) is 1. The monoisotopic (exact) mass is 407 g/mol. The molecule has 1 amide bonds. The predicted octanol–water partition coefficient (Wildman–Crippen LogP) is 2.38. The Bertz CT molecular complexity index is 632. The van der Waals surface area contributed by atoms with E-state index < -0.39 is 0 Å². The number of halogens is 1. The molecule has 28 heavy (non-hydrogen) atoms. The van der Waals surface area contributed by atoms with Gasteiger partial charge in [0, 0.05) is 45.3 Å². The van der Waals surface area contributed by atoms with E-state index in [4.69, 9.17) is 11.6 Å². The lowest BCUT2D eigenvalue weighted by Gasteiger charge is -2.25. The standard InChI is InChI=1S/C21H34ClN5O/c1-4-23-21(25-14-12-17-8-10-18(22)11-9-17)24-13-6-16-27-15-5-7-19(27)20(28)26(2)3/h8-11,19H,4-7,12-16H2,1-3H3,(H2,23,24,25). The summed E-state index contributed by atoms with van der Waals surface area (Å²) in [6.45, 7) is 6.39. The van der Waals surface area contributed by atoms with Gasteiger partial charge < -0.3 is 15.5 Å². The van der Waals surface area contributed by atoms with Crippen molar-refractivity contribution in [3.8, 4) is 0 Å². The molecule has 1 aliphatic rings. The van der Waals surface area contributed by atoms with Crippen LogP contribution in [0.2, 0.25) is 5.02 Å². The van der Waals surface area contributed by atoms with Gasteiger partial charge in [0.05, 0.1) is 6.04 Å². The van der Waals surface area contributed by atoms with Crippen LogP contribution in [0.1, 0.15) is 31.7 Å². The van der Waals surface area contributed by atoms with Gasteiger partial charge >= 0.3 is 0 Å². The number of nitrogens with zero attached hydrogens (tertiary/aromatic N) is 3. The number of carbonyl (C=O) groups excluding carboxylic acids is 1. The largest absolute Gasteiger partial charge is 0.357 e. The van der Waals surface area contributed by atoms with Crippen LogP contribution in [0.25, 0.3) is 0 Å². The molecule has 7 heteroatoms. The maximum atomic E-state index is 12.3. The third-order valence-electron chi connectivity index (χ3n) is 4.93. The number of hydrogen-bond donors (Lipinski definition) is 2.